The standard InChI is InChI=1S/C32H38N4O5S2/c1-34-27-19-28(32(37)38)42-31(27)29(21-6-4-3-5-7-21)30(34)22-8-11-25(12-9-22)41-20-23-18-24(33)10-13-26(23)35-14-16-36(17-15-35)43(2,39)40/h8-13,18-19,21H,3-7,14-17,20,33H2,1-2H3,(H,37,38). The molecule has 3 N–H and O–H groups in total. The van der Waals surface area contributed by atoms with E-state index in [1.165, 1.54) is 46.7 Å². The summed E-state index contributed by atoms with van der Waals surface area (Å²) in [6, 6.07) is 15.7. The van der Waals surface area contributed by atoms with Crippen LogP contribution < -0.4 is 15.4 Å². The number of aryl methyl sites for hydroxylation is 1. The van der Waals surface area contributed by atoms with E-state index in [0.29, 0.717) is 49.3 Å². The minimum atomic E-state index is -3.20. The molecule has 0 bridgehead atoms. The Hall–Kier alpha value is -3.54. The van der Waals surface area contributed by atoms with Crippen LogP contribution in [0.15, 0.2) is 48.5 Å². The van der Waals surface area contributed by atoms with Crippen LogP contribution in [0.4, 0.5) is 11.4 Å². The summed E-state index contributed by atoms with van der Waals surface area (Å²) in [5.74, 6) is 0.283. The van der Waals surface area contributed by atoms with Gasteiger partial charge in [-0.05, 0) is 78.4 Å². The van der Waals surface area contributed by atoms with Gasteiger partial charge in [0.1, 0.15) is 17.2 Å². The first-order chi connectivity index (χ1) is 20.6. The van der Waals surface area contributed by atoms with E-state index in [0.717, 1.165) is 51.3 Å². The van der Waals surface area contributed by atoms with Crippen LogP contribution in [0.3, 0.4) is 0 Å². The Morgan fingerprint density at radius 2 is 1.72 bits per heavy atom. The lowest BCUT2D eigenvalue weighted by Crippen LogP contribution is -2.48. The number of anilines is 2. The third kappa shape index (κ3) is 5.98. The molecule has 3 heterocycles. The molecule has 2 aromatic heterocycles. The van der Waals surface area contributed by atoms with E-state index < -0.39 is 16.0 Å². The van der Waals surface area contributed by atoms with Gasteiger partial charge in [-0.1, -0.05) is 19.3 Å². The SMILES string of the molecule is Cn1c(-c2ccc(OCc3cc(N)ccc3N3CCN(S(C)(=O)=O)CC3)cc2)c(C2CCCCC2)c2sc(C(=O)O)cc21. The van der Waals surface area contributed by atoms with Crippen molar-refractivity contribution in [3.8, 4) is 17.0 Å². The van der Waals surface area contributed by atoms with Gasteiger partial charge in [-0.2, -0.15) is 4.31 Å². The van der Waals surface area contributed by atoms with Gasteiger partial charge < -0.3 is 25.0 Å². The van der Waals surface area contributed by atoms with Crippen LogP contribution in [0.2, 0.25) is 0 Å². The Morgan fingerprint density at radius 1 is 1.02 bits per heavy atom. The molecule has 9 nitrogen and oxygen atoms in total. The van der Waals surface area contributed by atoms with Crippen molar-refractivity contribution in [2.45, 2.75) is 44.6 Å². The minimum Gasteiger partial charge on any atom is -0.489 e. The van der Waals surface area contributed by atoms with Crippen molar-refractivity contribution in [2.24, 2.45) is 7.05 Å². The fourth-order valence-corrected chi connectivity index (χ4v) is 8.60. The van der Waals surface area contributed by atoms with Crippen molar-refractivity contribution < 1.29 is 23.1 Å². The van der Waals surface area contributed by atoms with Crippen LogP contribution in [0.1, 0.15) is 58.8 Å². The highest BCUT2D eigenvalue weighted by Gasteiger charge is 2.28. The van der Waals surface area contributed by atoms with Crippen LogP contribution >= 0.6 is 11.3 Å². The predicted octanol–water partition coefficient (Wildman–Crippen LogP) is 5.90. The number of aromatic nitrogens is 1. The number of sulfonamides is 1. The second-order valence-electron chi connectivity index (χ2n) is 11.6. The van der Waals surface area contributed by atoms with E-state index >= 15 is 0 Å². The molecule has 1 saturated carbocycles. The van der Waals surface area contributed by atoms with E-state index in [9.17, 15) is 18.3 Å². The van der Waals surface area contributed by atoms with Gasteiger partial charge in [-0.25, -0.2) is 13.2 Å². The number of rotatable bonds is 8. The van der Waals surface area contributed by atoms with Crippen molar-refractivity contribution in [3.63, 3.8) is 0 Å². The van der Waals surface area contributed by atoms with Crippen molar-refractivity contribution in [1.82, 2.24) is 8.87 Å². The topological polar surface area (TPSA) is 118 Å². The first-order valence-electron chi connectivity index (χ1n) is 14.8. The molecular weight excluding hydrogens is 585 g/mol. The third-order valence-corrected chi connectivity index (χ3v) is 11.3. The van der Waals surface area contributed by atoms with Gasteiger partial charge in [-0.3, -0.25) is 0 Å². The van der Waals surface area contributed by atoms with E-state index in [2.05, 4.69) is 21.6 Å². The number of nitrogens with zero attached hydrogens (tertiary/aromatic N) is 3. The monoisotopic (exact) mass is 622 g/mol. The molecule has 0 atom stereocenters. The van der Waals surface area contributed by atoms with Gasteiger partial charge in [0.25, 0.3) is 0 Å². The van der Waals surface area contributed by atoms with Crippen LogP contribution in [-0.2, 0) is 23.7 Å². The number of carboxylic acids is 1. The number of carbonyl (C=O) groups is 1. The molecule has 11 heteroatoms. The Labute approximate surface area is 256 Å². The normalized spacial score (nSPS) is 17.0. The Bertz CT molecular complexity index is 1750. The number of ether oxygens (including phenoxy) is 1. The first-order valence-corrected chi connectivity index (χ1v) is 17.4. The van der Waals surface area contributed by atoms with E-state index in [4.69, 9.17) is 10.5 Å². The van der Waals surface area contributed by atoms with Crippen LogP contribution in [0.5, 0.6) is 5.75 Å². The van der Waals surface area contributed by atoms with Crippen LogP contribution in [-0.4, -0.2) is 60.8 Å². The second-order valence-corrected chi connectivity index (χ2v) is 14.7. The maximum absolute atomic E-state index is 12.0. The number of hydrogen-bond acceptors (Lipinski definition) is 7. The Balaban J connectivity index is 1.23. The lowest BCUT2D eigenvalue weighted by molar-refractivity contribution is 0.0702. The van der Waals surface area contributed by atoms with Gasteiger partial charge >= 0.3 is 5.97 Å². The van der Waals surface area contributed by atoms with E-state index in [1.807, 2.05) is 37.4 Å². The second kappa shape index (κ2) is 11.9. The largest absolute Gasteiger partial charge is 0.489 e. The average Bonchev–Trinajstić information content (AvgIpc) is 3.55. The zero-order valence-electron chi connectivity index (χ0n) is 24.6. The summed E-state index contributed by atoms with van der Waals surface area (Å²) < 4.78 is 34.9. The quantitative estimate of drug-likeness (QED) is 0.235. The number of aromatic carboxylic acids is 1. The number of benzene rings is 2. The number of fused-ring (bicyclic) bond motifs is 1. The number of piperazine rings is 1. The molecule has 0 unspecified atom stereocenters. The molecule has 0 radical (unpaired) electrons. The first kappa shape index (κ1) is 29.5. The molecule has 43 heavy (non-hydrogen) atoms. The van der Waals surface area contributed by atoms with Crippen molar-refractivity contribution >= 4 is 48.9 Å². The van der Waals surface area contributed by atoms with E-state index in [-0.39, 0.29) is 0 Å². The molecule has 1 saturated heterocycles. The summed E-state index contributed by atoms with van der Waals surface area (Å²) in [6.07, 6.45) is 7.15. The number of carboxylic acid groups (broad SMARTS) is 1. The summed E-state index contributed by atoms with van der Waals surface area (Å²) in [7, 11) is -1.17. The summed E-state index contributed by atoms with van der Waals surface area (Å²) in [5.41, 5.74) is 13.2. The highest BCUT2D eigenvalue weighted by Crippen LogP contribution is 2.46. The van der Waals surface area contributed by atoms with Gasteiger partial charge in [0, 0.05) is 50.2 Å². The molecule has 0 amide bonds. The van der Waals surface area contributed by atoms with Gasteiger partial charge in [-0.15, -0.1) is 11.3 Å². The molecule has 228 valence electrons. The maximum Gasteiger partial charge on any atom is 0.345 e. The van der Waals surface area contributed by atoms with Crippen molar-refractivity contribution in [3.05, 3.63) is 64.5 Å². The molecule has 2 aliphatic rings. The average molecular weight is 623 g/mol. The molecule has 0 spiro atoms. The summed E-state index contributed by atoms with van der Waals surface area (Å²) in [5, 5.41) is 9.65. The van der Waals surface area contributed by atoms with Gasteiger partial charge in [0.15, 0.2) is 0 Å². The molecular formula is C32H38N4O5S2. The van der Waals surface area contributed by atoms with Gasteiger partial charge in [0.2, 0.25) is 10.0 Å². The summed E-state index contributed by atoms with van der Waals surface area (Å²) in [4.78, 5) is 14.3. The molecule has 2 aromatic carbocycles. The third-order valence-electron chi connectivity index (χ3n) is 8.81. The maximum atomic E-state index is 12.0. The van der Waals surface area contributed by atoms with E-state index in [1.54, 1.807) is 6.07 Å². The lowest BCUT2D eigenvalue weighted by Gasteiger charge is -2.35. The van der Waals surface area contributed by atoms with Crippen molar-refractivity contribution in [1.29, 1.82) is 0 Å². The highest BCUT2D eigenvalue weighted by atomic mass is 32.2. The van der Waals surface area contributed by atoms with Crippen molar-refractivity contribution in [2.75, 3.05) is 43.1 Å². The van der Waals surface area contributed by atoms with Gasteiger partial charge in [0.05, 0.1) is 22.2 Å². The number of nitrogens with two attached hydrogens (primary N) is 1. The molecule has 4 aromatic rings. The summed E-state index contributed by atoms with van der Waals surface area (Å²) >= 11 is 1.39. The van der Waals surface area contributed by atoms with Crippen LogP contribution in [0, 0.1) is 0 Å². The molecule has 1 aliphatic carbocycles. The smallest absolute Gasteiger partial charge is 0.345 e. The predicted molar refractivity (Wildman–Crippen MR) is 173 cm³/mol. The van der Waals surface area contributed by atoms with Crippen LogP contribution in [0.25, 0.3) is 21.5 Å². The Morgan fingerprint density at radius 3 is 2.37 bits per heavy atom. The summed E-state index contributed by atoms with van der Waals surface area (Å²) in [6.45, 7) is 2.43. The number of thiophene rings is 1. The fraction of sp³-hybridized carbons (Fsp3) is 0.406. The molecule has 1 aliphatic heterocycles. The number of hydrogen-bond donors (Lipinski definition) is 2. The zero-order chi connectivity index (χ0) is 30.3. The fourth-order valence-electron chi connectivity index (χ4n) is 6.62. The molecule has 2 fully saturated rings. The molecule has 6 rings (SSSR count). The lowest BCUT2D eigenvalue weighted by atomic mass is 9.83. The minimum absolute atomic E-state index is 0.331. The Kier molecular flexibility index (Phi) is 8.14. The number of nitrogen functional groups attached to an aromatic ring is 1. The zero-order valence-corrected chi connectivity index (χ0v) is 26.2. The highest BCUT2D eigenvalue weighted by molar-refractivity contribution is 7.88.